The van der Waals surface area contributed by atoms with Gasteiger partial charge in [-0.05, 0) is 31.0 Å². The number of fused-ring (bicyclic) bond motifs is 1. The minimum atomic E-state index is -4.74. The fourth-order valence-corrected chi connectivity index (χ4v) is 3.62. The van der Waals surface area contributed by atoms with E-state index in [1.807, 2.05) is 0 Å². The molecule has 1 aliphatic heterocycles. The first-order valence-electron chi connectivity index (χ1n) is 9.76. The molecule has 4 rings (SSSR count). The van der Waals surface area contributed by atoms with E-state index in [2.05, 4.69) is 10.1 Å². The third-order valence-corrected chi connectivity index (χ3v) is 5.20. The lowest BCUT2D eigenvalue weighted by molar-refractivity contribution is -0.384. The topological polar surface area (TPSA) is 93.6 Å². The summed E-state index contributed by atoms with van der Waals surface area (Å²) in [6.45, 7) is 1.08. The summed E-state index contributed by atoms with van der Waals surface area (Å²) >= 11 is 0. The van der Waals surface area contributed by atoms with Gasteiger partial charge in [-0.2, -0.15) is 18.3 Å². The molecular weight excluding hydrogens is 415 g/mol. The average molecular weight is 433 g/mol. The van der Waals surface area contributed by atoms with Crippen LogP contribution in [0.3, 0.4) is 0 Å². The molecule has 3 heterocycles. The predicted octanol–water partition coefficient (Wildman–Crippen LogP) is 4.34. The van der Waals surface area contributed by atoms with Crippen molar-refractivity contribution in [3.63, 3.8) is 0 Å². The number of rotatable bonds is 3. The van der Waals surface area contributed by atoms with Crippen LogP contribution in [-0.2, 0) is 6.18 Å². The molecule has 0 atom stereocenters. The summed E-state index contributed by atoms with van der Waals surface area (Å²) in [5.74, 6) is -0.419. The number of aromatic nitrogens is 3. The number of amides is 1. The van der Waals surface area contributed by atoms with Gasteiger partial charge in [-0.1, -0.05) is 12.8 Å². The Labute approximate surface area is 174 Å². The van der Waals surface area contributed by atoms with Gasteiger partial charge < -0.3 is 4.90 Å². The number of nitro groups is 1. The van der Waals surface area contributed by atoms with E-state index in [4.69, 9.17) is 0 Å². The summed E-state index contributed by atoms with van der Waals surface area (Å²) in [6.07, 6.45) is -1.04. The van der Waals surface area contributed by atoms with Crippen LogP contribution in [0.25, 0.3) is 16.9 Å². The highest BCUT2D eigenvalue weighted by molar-refractivity contribution is 5.93. The molecule has 0 saturated carbocycles. The van der Waals surface area contributed by atoms with Gasteiger partial charge in [0.25, 0.3) is 11.6 Å². The van der Waals surface area contributed by atoms with Crippen LogP contribution in [0.1, 0.15) is 41.9 Å². The van der Waals surface area contributed by atoms with Gasteiger partial charge in [-0.25, -0.2) is 9.50 Å². The SMILES string of the molecule is O=C(c1cc2nc(-c3ccc([N+](=O)[O-])cc3)cc(C(F)(F)F)n2n1)N1CCCCCC1. The molecule has 3 aromatic rings. The number of carbonyl (C=O) groups excluding carboxylic acids is 1. The molecule has 8 nitrogen and oxygen atoms in total. The van der Waals surface area contributed by atoms with Crippen molar-refractivity contribution in [2.45, 2.75) is 31.9 Å². The average Bonchev–Trinajstić information content (AvgIpc) is 2.97. The highest BCUT2D eigenvalue weighted by Crippen LogP contribution is 2.33. The van der Waals surface area contributed by atoms with Gasteiger partial charge in [0, 0.05) is 36.9 Å². The van der Waals surface area contributed by atoms with Gasteiger partial charge in [-0.15, -0.1) is 0 Å². The summed E-state index contributed by atoms with van der Waals surface area (Å²) in [5, 5.41) is 14.7. The molecule has 2 aromatic heterocycles. The largest absolute Gasteiger partial charge is 0.433 e. The van der Waals surface area contributed by atoms with Crippen molar-refractivity contribution < 1.29 is 22.9 Å². The maximum absolute atomic E-state index is 13.7. The number of carbonyl (C=O) groups is 1. The monoisotopic (exact) mass is 433 g/mol. The zero-order chi connectivity index (χ0) is 22.2. The molecular formula is C20H18F3N5O3. The lowest BCUT2D eigenvalue weighted by Gasteiger charge is -2.18. The second-order valence-corrected chi connectivity index (χ2v) is 7.33. The molecule has 1 amide bonds. The van der Waals surface area contributed by atoms with E-state index in [-0.39, 0.29) is 28.3 Å². The molecule has 0 unspecified atom stereocenters. The molecule has 1 aliphatic rings. The Hall–Kier alpha value is -3.50. The van der Waals surface area contributed by atoms with Crippen molar-refractivity contribution in [3.8, 4) is 11.3 Å². The maximum atomic E-state index is 13.7. The molecule has 0 aliphatic carbocycles. The normalized spacial score (nSPS) is 15.1. The van der Waals surface area contributed by atoms with Crippen molar-refractivity contribution in [2.24, 2.45) is 0 Å². The first kappa shape index (κ1) is 20.8. The number of nitro benzene ring substituents is 1. The number of hydrogen-bond acceptors (Lipinski definition) is 5. The summed E-state index contributed by atoms with van der Waals surface area (Å²) in [6, 6.07) is 7.12. The second-order valence-electron chi connectivity index (χ2n) is 7.33. The number of benzene rings is 1. The molecule has 0 N–H and O–H groups in total. The van der Waals surface area contributed by atoms with Crippen molar-refractivity contribution >= 4 is 17.2 Å². The maximum Gasteiger partial charge on any atom is 0.433 e. The van der Waals surface area contributed by atoms with Crippen molar-refractivity contribution in [3.05, 3.63) is 57.9 Å². The van der Waals surface area contributed by atoms with E-state index in [0.29, 0.717) is 17.6 Å². The van der Waals surface area contributed by atoms with Crippen LogP contribution >= 0.6 is 0 Å². The molecule has 0 radical (unpaired) electrons. The number of likely N-dealkylation sites (tertiary alicyclic amines) is 1. The number of non-ortho nitro benzene ring substituents is 1. The Balaban J connectivity index is 1.78. The Bertz CT molecular complexity index is 1130. The summed E-state index contributed by atoms with van der Waals surface area (Å²) in [7, 11) is 0. The highest BCUT2D eigenvalue weighted by atomic mass is 19.4. The third kappa shape index (κ3) is 4.21. The lowest BCUT2D eigenvalue weighted by atomic mass is 10.1. The van der Waals surface area contributed by atoms with Crippen LogP contribution in [-0.4, -0.2) is 43.4 Å². The lowest BCUT2D eigenvalue weighted by Crippen LogP contribution is -2.32. The van der Waals surface area contributed by atoms with Crippen molar-refractivity contribution in [1.29, 1.82) is 0 Å². The minimum Gasteiger partial charge on any atom is -0.337 e. The Morgan fingerprint density at radius 2 is 1.68 bits per heavy atom. The van der Waals surface area contributed by atoms with Crippen LogP contribution in [0.5, 0.6) is 0 Å². The first-order chi connectivity index (χ1) is 14.7. The Morgan fingerprint density at radius 3 is 2.26 bits per heavy atom. The Morgan fingerprint density at radius 1 is 1.03 bits per heavy atom. The first-order valence-corrected chi connectivity index (χ1v) is 9.76. The Kier molecular flexibility index (Phi) is 5.34. The van der Waals surface area contributed by atoms with Gasteiger partial charge in [-0.3, -0.25) is 14.9 Å². The van der Waals surface area contributed by atoms with Gasteiger partial charge in [0.15, 0.2) is 17.0 Å². The molecule has 1 saturated heterocycles. The van der Waals surface area contributed by atoms with Crippen LogP contribution in [0.4, 0.5) is 18.9 Å². The minimum absolute atomic E-state index is 0.0246. The molecule has 0 spiro atoms. The zero-order valence-corrected chi connectivity index (χ0v) is 16.3. The fourth-order valence-electron chi connectivity index (χ4n) is 3.62. The molecule has 11 heteroatoms. The van der Waals surface area contributed by atoms with E-state index >= 15 is 0 Å². The molecule has 1 fully saturated rings. The third-order valence-electron chi connectivity index (χ3n) is 5.20. The van der Waals surface area contributed by atoms with Gasteiger partial charge >= 0.3 is 6.18 Å². The molecule has 162 valence electrons. The summed E-state index contributed by atoms with van der Waals surface area (Å²) in [5.41, 5.74) is -1.23. The van der Waals surface area contributed by atoms with E-state index < -0.39 is 22.7 Å². The van der Waals surface area contributed by atoms with Crippen LogP contribution in [0.15, 0.2) is 36.4 Å². The van der Waals surface area contributed by atoms with Crippen LogP contribution in [0, 0.1) is 10.1 Å². The summed E-state index contributed by atoms with van der Waals surface area (Å²) in [4.78, 5) is 28.9. The zero-order valence-electron chi connectivity index (χ0n) is 16.3. The predicted molar refractivity (Wildman–Crippen MR) is 104 cm³/mol. The van der Waals surface area contributed by atoms with Crippen LogP contribution < -0.4 is 0 Å². The van der Waals surface area contributed by atoms with Crippen molar-refractivity contribution in [1.82, 2.24) is 19.5 Å². The molecule has 1 aromatic carbocycles. The van der Waals surface area contributed by atoms with Crippen molar-refractivity contribution in [2.75, 3.05) is 13.1 Å². The summed E-state index contributed by atoms with van der Waals surface area (Å²) < 4.78 is 41.8. The van der Waals surface area contributed by atoms with E-state index in [0.717, 1.165) is 31.7 Å². The number of alkyl halides is 3. The number of hydrogen-bond donors (Lipinski definition) is 0. The van der Waals surface area contributed by atoms with E-state index in [1.165, 1.54) is 30.3 Å². The van der Waals surface area contributed by atoms with Gasteiger partial charge in [0.2, 0.25) is 0 Å². The smallest absolute Gasteiger partial charge is 0.337 e. The standard InChI is InChI=1S/C20H18F3N5O3/c21-20(22,23)17-11-15(13-5-7-14(8-6-13)28(30)31)24-18-12-16(25-27(17)18)19(29)26-9-3-1-2-4-10-26/h5-8,11-12H,1-4,9-10H2. The van der Waals surface area contributed by atoms with Gasteiger partial charge in [0.05, 0.1) is 10.6 Å². The van der Waals surface area contributed by atoms with E-state index in [1.54, 1.807) is 4.90 Å². The van der Waals surface area contributed by atoms with E-state index in [9.17, 15) is 28.1 Å². The highest BCUT2D eigenvalue weighted by Gasteiger charge is 2.36. The molecule has 31 heavy (non-hydrogen) atoms. The number of halogens is 3. The number of nitrogens with zero attached hydrogens (tertiary/aromatic N) is 5. The second kappa shape index (κ2) is 7.97. The van der Waals surface area contributed by atoms with Crippen LogP contribution in [0.2, 0.25) is 0 Å². The molecule has 0 bridgehead atoms. The quantitative estimate of drug-likeness (QED) is 0.453. The van der Waals surface area contributed by atoms with Gasteiger partial charge in [0.1, 0.15) is 0 Å². The fraction of sp³-hybridized carbons (Fsp3) is 0.350.